The molecule has 1 aromatic heterocycles. The lowest BCUT2D eigenvalue weighted by atomic mass is 9.97. The largest absolute Gasteiger partial charge is 0.398 e. The second kappa shape index (κ2) is 11.3. The van der Waals surface area contributed by atoms with Gasteiger partial charge in [-0.15, -0.1) is 11.8 Å². The molecule has 4 aromatic rings. The number of hydrogen-bond donors (Lipinski definition) is 1. The van der Waals surface area contributed by atoms with Gasteiger partial charge in [0.05, 0.1) is 23.1 Å². The van der Waals surface area contributed by atoms with Gasteiger partial charge in [0.2, 0.25) is 5.95 Å². The molecule has 5 nitrogen and oxygen atoms in total. The number of fused-ring (bicyclic) bond motifs is 1. The summed E-state index contributed by atoms with van der Waals surface area (Å²) in [7, 11) is 0. The van der Waals surface area contributed by atoms with Crippen LogP contribution in [-0.4, -0.2) is 32.9 Å². The SMILES string of the molecule is CC(c1ccc(SCC(F)(F)F)cc1)N1CCc2nc(N)n(C(c3ccccc3)c3ccccc3)c(=O)c2C1. The molecule has 39 heavy (non-hydrogen) atoms. The predicted octanol–water partition coefficient (Wildman–Crippen LogP) is 6.24. The number of alkyl halides is 3. The van der Waals surface area contributed by atoms with E-state index in [9.17, 15) is 18.0 Å². The first-order valence-corrected chi connectivity index (χ1v) is 13.7. The number of benzene rings is 3. The number of halogens is 3. The summed E-state index contributed by atoms with van der Waals surface area (Å²) in [6.45, 7) is 3.14. The topological polar surface area (TPSA) is 64.2 Å². The lowest BCUT2D eigenvalue weighted by Crippen LogP contribution is -2.41. The highest BCUT2D eigenvalue weighted by Gasteiger charge is 2.30. The Balaban J connectivity index is 1.44. The quantitative estimate of drug-likeness (QED) is 0.276. The normalized spacial score (nSPS) is 14.8. The summed E-state index contributed by atoms with van der Waals surface area (Å²) in [5.41, 5.74) is 10.5. The maximum atomic E-state index is 14.0. The third-order valence-corrected chi connectivity index (χ3v) is 8.20. The van der Waals surface area contributed by atoms with Gasteiger partial charge in [0.15, 0.2) is 0 Å². The van der Waals surface area contributed by atoms with Crippen molar-refractivity contribution in [2.75, 3.05) is 18.0 Å². The molecule has 0 saturated carbocycles. The van der Waals surface area contributed by atoms with Gasteiger partial charge in [0, 0.05) is 30.4 Å². The van der Waals surface area contributed by atoms with Crippen LogP contribution in [0.3, 0.4) is 0 Å². The summed E-state index contributed by atoms with van der Waals surface area (Å²) < 4.78 is 39.3. The zero-order valence-electron chi connectivity index (χ0n) is 21.4. The molecule has 0 aliphatic carbocycles. The van der Waals surface area contributed by atoms with Gasteiger partial charge in [-0.2, -0.15) is 13.2 Å². The van der Waals surface area contributed by atoms with Crippen LogP contribution in [0.2, 0.25) is 0 Å². The average Bonchev–Trinajstić information content (AvgIpc) is 2.94. The van der Waals surface area contributed by atoms with E-state index in [4.69, 9.17) is 5.73 Å². The molecular weight excluding hydrogens is 521 g/mol. The molecule has 0 amide bonds. The first-order valence-electron chi connectivity index (χ1n) is 12.7. The first kappa shape index (κ1) is 27.0. The van der Waals surface area contributed by atoms with Crippen molar-refractivity contribution in [3.05, 3.63) is 123 Å². The summed E-state index contributed by atoms with van der Waals surface area (Å²) in [5.74, 6) is -0.731. The van der Waals surface area contributed by atoms with Crippen LogP contribution in [0, 0.1) is 0 Å². The fraction of sp³-hybridized carbons (Fsp3) is 0.267. The lowest BCUT2D eigenvalue weighted by Gasteiger charge is -2.34. The molecule has 3 aromatic carbocycles. The lowest BCUT2D eigenvalue weighted by molar-refractivity contribution is -0.105. The molecule has 1 aliphatic heterocycles. The van der Waals surface area contributed by atoms with Gasteiger partial charge in [-0.3, -0.25) is 14.3 Å². The Morgan fingerprint density at radius 3 is 2.08 bits per heavy atom. The van der Waals surface area contributed by atoms with Crippen molar-refractivity contribution in [3.63, 3.8) is 0 Å². The second-order valence-electron chi connectivity index (χ2n) is 9.66. The minimum absolute atomic E-state index is 0.0377. The van der Waals surface area contributed by atoms with Crippen LogP contribution in [0.15, 0.2) is 94.6 Å². The third kappa shape index (κ3) is 6.04. The minimum atomic E-state index is -4.21. The Labute approximate surface area is 229 Å². The number of hydrogen-bond acceptors (Lipinski definition) is 5. The number of nitrogens with zero attached hydrogens (tertiary/aromatic N) is 3. The van der Waals surface area contributed by atoms with Crippen molar-refractivity contribution in [1.29, 1.82) is 0 Å². The van der Waals surface area contributed by atoms with Gasteiger partial charge in [0.1, 0.15) is 0 Å². The van der Waals surface area contributed by atoms with E-state index in [0.29, 0.717) is 30.0 Å². The molecule has 1 unspecified atom stereocenters. The van der Waals surface area contributed by atoms with E-state index in [-0.39, 0.29) is 17.5 Å². The molecule has 0 spiro atoms. The molecule has 0 fully saturated rings. The van der Waals surface area contributed by atoms with Gasteiger partial charge in [0.25, 0.3) is 5.56 Å². The number of thioether (sulfide) groups is 1. The van der Waals surface area contributed by atoms with Crippen LogP contribution in [0.1, 0.15) is 47.0 Å². The third-order valence-electron chi connectivity index (χ3n) is 7.12. The number of nitrogens with two attached hydrogens (primary N) is 1. The number of anilines is 1. The van der Waals surface area contributed by atoms with Crippen LogP contribution in [0.4, 0.5) is 19.1 Å². The fourth-order valence-electron chi connectivity index (χ4n) is 5.09. The Hall–Kier alpha value is -3.56. The van der Waals surface area contributed by atoms with Crippen molar-refractivity contribution in [1.82, 2.24) is 14.5 Å². The monoisotopic (exact) mass is 550 g/mol. The highest BCUT2D eigenvalue weighted by atomic mass is 32.2. The molecule has 1 aliphatic rings. The second-order valence-corrected chi connectivity index (χ2v) is 10.7. The van der Waals surface area contributed by atoms with Gasteiger partial charge in [-0.1, -0.05) is 72.8 Å². The van der Waals surface area contributed by atoms with E-state index in [1.165, 1.54) is 0 Å². The summed E-state index contributed by atoms with van der Waals surface area (Å²) >= 11 is 0.775. The minimum Gasteiger partial charge on any atom is -0.369 e. The fourth-order valence-corrected chi connectivity index (χ4v) is 5.75. The molecule has 202 valence electrons. The van der Waals surface area contributed by atoms with Gasteiger partial charge in [-0.25, -0.2) is 4.98 Å². The zero-order valence-corrected chi connectivity index (χ0v) is 22.3. The van der Waals surface area contributed by atoms with Crippen molar-refractivity contribution < 1.29 is 13.2 Å². The molecule has 5 rings (SSSR count). The van der Waals surface area contributed by atoms with Crippen molar-refractivity contribution in [2.24, 2.45) is 0 Å². The Morgan fingerprint density at radius 1 is 0.923 bits per heavy atom. The Morgan fingerprint density at radius 2 is 1.51 bits per heavy atom. The van der Waals surface area contributed by atoms with Crippen LogP contribution >= 0.6 is 11.8 Å². The van der Waals surface area contributed by atoms with Gasteiger partial charge < -0.3 is 5.73 Å². The van der Waals surface area contributed by atoms with E-state index in [1.54, 1.807) is 16.7 Å². The Kier molecular flexibility index (Phi) is 7.81. The van der Waals surface area contributed by atoms with Crippen LogP contribution < -0.4 is 11.3 Å². The molecule has 0 saturated heterocycles. The molecule has 0 radical (unpaired) electrons. The summed E-state index contributed by atoms with van der Waals surface area (Å²) in [6, 6.07) is 26.2. The van der Waals surface area contributed by atoms with E-state index in [1.807, 2.05) is 79.7 Å². The van der Waals surface area contributed by atoms with Crippen LogP contribution in [0.25, 0.3) is 0 Å². The number of aromatic nitrogens is 2. The van der Waals surface area contributed by atoms with Crippen molar-refractivity contribution in [3.8, 4) is 0 Å². The Bertz CT molecular complexity index is 1440. The number of rotatable bonds is 7. The molecule has 0 bridgehead atoms. The summed E-state index contributed by atoms with van der Waals surface area (Å²) in [5, 5.41) is 0. The molecule has 1 atom stereocenters. The zero-order chi connectivity index (χ0) is 27.6. The molecule has 9 heteroatoms. The van der Waals surface area contributed by atoms with Crippen LogP contribution in [0.5, 0.6) is 0 Å². The maximum Gasteiger partial charge on any atom is 0.398 e. The smallest absolute Gasteiger partial charge is 0.369 e. The standard InChI is InChI=1S/C30H29F3N4OS/c1-20(21-12-14-24(15-13-21)39-19-30(31,32)33)36-17-16-26-25(18-36)28(38)37(29(34)35-26)27(22-8-4-2-5-9-22)23-10-6-3-7-11-23/h2-15,20,27H,16-19H2,1H3,(H2,34,35). The highest BCUT2D eigenvalue weighted by Crippen LogP contribution is 2.32. The predicted molar refractivity (Wildman–Crippen MR) is 149 cm³/mol. The molecule has 2 N–H and O–H groups in total. The van der Waals surface area contributed by atoms with E-state index in [0.717, 1.165) is 34.1 Å². The van der Waals surface area contributed by atoms with E-state index >= 15 is 0 Å². The van der Waals surface area contributed by atoms with Crippen LogP contribution in [-0.2, 0) is 13.0 Å². The van der Waals surface area contributed by atoms with Crippen molar-refractivity contribution >= 4 is 17.7 Å². The summed E-state index contributed by atoms with van der Waals surface area (Å²) in [4.78, 5) is 21.5. The summed E-state index contributed by atoms with van der Waals surface area (Å²) in [6.07, 6.45) is -3.62. The van der Waals surface area contributed by atoms with E-state index < -0.39 is 18.0 Å². The average molecular weight is 551 g/mol. The number of nitrogen functional groups attached to an aromatic ring is 1. The van der Waals surface area contributed by atoms with Crippen molar-refractivity contribution in [2.45, 2.75) is 43.0 Å². The molecular formula is C30H29F3N4OS. The first-order chi connectivity index (χ1) is 18.7. The van der Waals surface area contributed by atoms with Gasteiger partial charge >= 0.3 is 6.18 Å². The maximum absolute atomic E-state index is 14.0. The van der Waals surface area contributed by atoms with Gasteiger partial charge in [-0.05, 0) is 35.7 Å². The van der Waals surface area contributed by atoms with E-state index in [2.05, 4.69) is 9.88 Å². The molecule has 2 heterocycles. The highest BCUT2D eigenvalue weighted by molar-refractivity contribution is 7.99.